The Bertz CT molecular complexity index is 317. The van der Waals surface area contributed by atoms with Crippen LogP contribution >= 0.6 is 0 Å². The number of methoxy groups -OCH3 is 1. The third kappa shape index (κ3) is 3.49. The second-order valence-corrected chi connectivity index (χ2v) is 3.43. The van der Waals surface area contributed by atoms with Gasteiger partial charge in [-0.15, -0.1) is 0 Å². The number of nitrogens with one attached hydrogen (secondary N) is 1. The molecule has 0 aromatic heterocycles. The lowest BCUT2D eigenvalue weighted by molar-refractivity contribution is 0.251. The van der Waals surface area contributed by atoms with Gasteiger partial charge in [0.15, 0.2) is 11.6 Å². The van der Waals surface area contributed by atoms with E-state index in [9.17, 15) is 4.39 Å². The van der Waals surface area contributed by atoms with Gasteiger partial charge in [-0.1, -0.05) is 6.07 Å². The number of ether oxygens (including phenoxy) is 1. The van der Waals surface area contributed by atoms with Crippen LogP contribution in [0.1, 0.15) is 12.5 Å². The number of halogens is 1. The zero-order chi connectivity index (χ0) is 11.3. The molecule has 0 radical (unpaired) electrons. The van der Waals surface area contributed by atoms with Crippen molar-refractivity contribution < 1.29 is 14.2 Å². The second kappa shape index (κ2) is 5.68. The first-order chi connectivity index (χ1) is 7.17. The van der Waals surface area contributed by atoms with Crippen LogP contribution in [0.4, 0.5) is 4.39 Å². The number of aliphatic hydroxyl groups excluding tert-OH is 1. The van der Waals surface area contributed by atoms with E-state index in [-0.39, 0.29) is 24.2 Å². The van der Waals surface area contributed by atoms with Gasteiger partial charge in [-0.3, -0.25) is 0 Å². The van der Waals surface area contributed by atoms with Crippen LogP contribution in [0.15, 0.2) is 18.2 Å². The second-order valence-electron chi connectivity index (χ2n) is 3.43. The summed E-state index contributed by atoms with van der Waals surface area (Å²) in [5.41, 5.74) is 0.827. The van der Waals surface area contributed by atoms with Crippen LogP contribution in [0.25, 0.3) is 0 Å². The molecule has 4 heteroatoms. The molecule has 0 aliphatic rings. The Balaban J connectivity index is 2.59. The Hall–Kier alpha value is -1.13. The fourth-order valence-corrected chi connectivity index (χ4v) is 1.18. The molecule has 0 aliphatic carbocycles. The van der Waals surface area contributed by atoms with Gasteiger partial charge in [0, 0.05) is 12.6 Å². The molecule has 1 aromatic carbocycles. The molecule has 1 aromatic rings. The lowest BCUT2D eigenvalue weighted by atomic mass is 10.2. The zero-order valence-electron chi connectivity index (χ0n) is 8.96. The van der Waals surface area contributed by atoms with Crippen LogP contribution < -0.4 is 10.1 Å². The summed E-state index contributed by atoms with van der Waals surface area (Å²) in [4.78, 5) is 0. The van der Waals surface area contributed by atoms with Crippen LogP contribution in [0.2, 0.25) is 0 Å². The molecule has 0 saturated carbocycles. The first-order valence-electron chi connectivity index (χ1n) is 4.84. The summed E-state index contributed by atoms with van der Waals surface area (Å²) in [5.74, 6) is -0.123. The quantitative estimate of drug-likeness (QED) is 0.774. The van der Waals surface area contributed by atoms with Crippen molar-refractivity contribution in [2.75, 3.05) is 13.7 Å². The summed E-state index contributed by atoms with van der Waals surface area (Å²) >= 11 is 0. The van der Waals surface area contributed by atoms with Crippen molar-refractivity contribution >= 4 is 0 Å². The average molecular weight is 213 g/mol. The molecule has 15 heavy (non-hydrogen) atoms. The average Bonchev–Trinajstić information content (AvgIpc) is 2.26. The normalized spacial score (nSPS) is 12.5. The summed E-state index contributed by atoms with van der Waals surface area (Å²) in [5, 5.41) is 11.8. The SMILES string of the molecule is COc1ccc(CN[C@@H](C)CO)cc1F. The molecule has 0 aliphatic heterocycles. The third-order valence-electron chi connectivity index (χ3n) is 2.14. The molecule has 2 N–H and O–H groups in total. The Labute approximate surface area is 88.9 Å². The number of aliphatic hydroxyl groups is 1. The largest absolute Gasteiger partial charge is 0.494 e. The third-order valence-corrected chi connectivity index (χ3v) is 2.14. The molecule has 84 valence electrons. The monoisotopic (exact) mass is 213 g/mol. The predicted molar refractivity (Wildman–Crippen MR) is 56.3 cm³/mol. The fourth-order valence-electron chi connectivity index (χ4n) is 1.18. The minimum Gasteiger partial charge on any atom is -0.494 e. The molecule has 0 spiro atoms. The van der Waals surface area contributed by atoms with Gasteiger partial charge in [0.05, 0.1) is 13.7 Å². The molecule has 0 saturated heterocycles. The zero-order valence-corrected chi connectivity index (χ0v) is 8.96. The van der Waals surface area contributed by atoms with Gasteiger partial charge in [-0.2, -0.15) is 0 Å². The van der Waals surface area contributed by atoms with Crippen molar-refractivity contribution in [2.24, 2.45) is 0 Å². The summed E-state index contributed by atoms with van der Waals surface area (Å²) in [6, 6.07) is 4.82. The smallest absolute Gasteiger partial charge is 0.165 e. The molecular formula is C11H16FNO2. The molecule has 0 bridgehead atoms. The number of hydrogen-bond acceptors (Lipinski definition) is 3. The van der Waals surface area contributed by atoms with Crippen molar-refractivity contribution in [3.63, 3.8) is 0 Å². The number of rotatable bonds is 5. The maximum Gasteiger partial charge on any atom is 0.165 e. The van der Waals surface area contributed by atoms with E-state index < -0.39 is 0 Å². The van der Waals surface area contributed by atoms with Crippen molar-refractivity contribution in [2.45, 2.75) is 19.5 Å². The van der Waals surface area contributed by atoms with E-state index in [1.165, 1.54) is 13.2 Å². The van der Waals surface area contributed by atoms with Crippen molar-refractivity contribution in [1.82, 2.24) is 5.32 Å². The van der Waals surface area contributed by atoms with E-state index >= 15 is 0 Å². The Morgan fingerprint density at radius 3 is 2.80 bits per heavy atom. The highest BCUT2D eigenvalue weighted by Crippen LogP contribution is 2.17. The van der Waals surface area contributed by atoms with Gasteiger partial charge < -0.3 is 15.2 Å². The minimum absolute atomic E-state index is 0.00941. The summed E-state index contributed by atoms with van der Waals surface area (Å²) in [6.45, 7) is 2.46. The summed E-state index contributed by atoms with van der Waals surface area (Å²) < 4.78 is 18.1. The Kier molecular flexibility index (Phi) is 4.52. The van der Waals surface area contributed by atoms with E-state index in [1.807, 2.05) is 6.92 Å². The van der Waals surface area contributed by atoms with Gasteiger partial charge in [0.1, 0.15) is 0 Å². The maximum absolute atomic E-state index is 13.3. The van der Waals surface area contributed by atoms with E-state index in [1.54, 1.807) is 12.1 Å². The lowest BCUT2D eigenvalue weighted by Crippen LogP contribution is -2.28. The van der Waals surface area contributed by atoms with Gasteiger partial charge in [0.25, 0.3) is 0 Å². The highest BCUT2D eigenvalue weighted by atomic mass is 19.1. The first-order valence-corrected chi connectivity index (χ1v) is 4.84. The highest BCUT2D eigenvalue weighted by molar-refractivity contribution is 5.29. The fraction of sp³-hybridized carbons (Fsp3) is 0.455. The molecule has 0 unspecified atom stereocenters. The van der Waals surface area contributed by atoms with E-state index in [0.717, 1.165) is 5.56 Å². The standard InChI is InChI=1S/C11H16FNO2/c1-8(7-14)13-6-9-3-4-11(15-2)10(12)5-9/h3-5,8,13-14H,6-7H2,1-2H3/t8-/m0/s1. The molecule has 0 amide bonds. The molecule has 0 fully saturated rings. The molecular weight excluding hydrogens is 197 g/mol. The number of benzene rings is 1. The van der Waals surface area contributed by atoms with Crippen LogP contribution in [-0.4, -0.2) is 24.9 Å². The van der Waals surface area contributed by atoms with E-state index in [4.69, 9.17) is 9.84 Å². The Morgan fingerprint density at radius 2 is 2.27 bits per heavy atom. The molecule has 1 atom stereocenters. The van der Waals surface area contributed by atoms with Crippen LogP contribution in [0, 0.1) is 5.82 Å². The summed E-state index contributed by atoms with van der Waals surface area (Å²) in [7, 11) is 1.43. The van der Waals surface area contributed by atoms with Crippen LogP contribution in [-0.2, 0) is 6.54 Å². The van der Waals surface area contributed by atoms with Gasteiger partial charge >= 0.3 is 0 Å². The van der Waals surface area contributed by atoms with E-state index in [0.29, 0.717) is 6.54 Å². The van der Waals surface area contributed by atoms with Crippen molar-refractivity contribution in [3.8, 4) is 5.75 Å². The van der Waals surface area contributed by atoms with Crippen LogP contribution in [0.3, 0.4) is 0 Å². The van der Waals surface area contributed by atoms with Crippen LogP contribution in [0.5, 0.6) is 5.75 Å². The predicted octanol–water partition coefficient (Wildman–Crippen LogP) is 1.30. The summed E-state index contributed by atoms with van der Waals surface area (Å²) in [6.07, 6.45) is 0. The maximum atomic E-state index is 13.3. The molecule has 1 rings (SSSR count). The van der Waals surface area contributed by atoms with E-state index in [2.05, 4.69) is 5.32 Å². The number of hydrogen-bond donors (Lipinski definition) is 2. The molecule has 3 nitrogen and oxygen atoms in total. The topological polar surface area (TPSA) is 41.5 Å². The Morgan fingerprint density at radius 1 is 1.53 bits per heavy atom. The minimum atomic E-state index is -0.367. The van der Waals surface area contributed by atoms with Crippen molar-refractivity contribution in [1.29, 1.82) is 0 Å². The highest BCUT2D eigenvalue weighted by Gasteiger charge is 2.04. The van der Waals surface area contributed by atoms with Crippen molar-refractivity contribution in [3.05, 3.63) is 29.6 Å². The van der Waals surface area contributed by atoms with Gasteiger partial charge in [-0.05, 0) is 24.6 Å². The first kappa shape index (κ1) is 11.9. The van der Waals surface area contributed by atoms with Gasteiger partial charge in [0.2, 0.25) is 0 Å². The van der Waals surface area contributed by atoms with Gasteiger partial charge in [-0.25, -0.2) is 4.39 Å². The molecule has 0 heterocycles. The lowest BCUT2D eigenvalue weighted by Gasteiger charge is -2.11.